The highest BCUT2D eigenvalue weighted by Crippen LogP contribution is 2.21. The number of Topliss-reactive ketones (excluding diaryl/α,β-unsaturated/α-hetero) is 2. The first-order valence-corrected chi connectivity index (χ1v) is 18.4. The van der Waals surface area contributed by atoms with Crippen molar-refractivity contribution < 1.29 is 55.4 Å². The van der Waals surface area contributed by atoms with Crippen LogP contribution in [0.2, 0.25) is 0 Å². The molecule has 10 nitrogen and oxygen atoms in total. The van der Waals surface area contributed by atoms with Crippen LogP contribution < -0.4 is 15.4 Å². The van der Waals surface area contributed by atoms with Gasteiger partial charge in [-0.1, -0.05) is 76.6 Å². The smallest absolute Gasteiger partial charge is 0.270 e. The lowest BCUT2D eigenvalue weighted by Gasteiger charge is -2.18. The minimum Gasteiger partial charge on any atom is -0.503 e. The Hall–Kier alpha value is -5.51. The normalized spacial score (nSPS) is 11.5. The molecule has 2 aromatic carbocycles. The molecule has 0 bridgehead atoms. The van der Waals surface area contributed by atoms with E-state index < -0.39 is 83.0 Å². The van der Waals surface area contributed by atoms with Gasteiger partial charge in [0.05, 0.1) is 18.0 Å². The van der Waals surface area contributed by atoms with Gasteiger partial charge in [-0.15, -0.1) is 11.6 Å². The third-order valence-corrected chi connectivity index (χ3v) is 8.09. The van der Waals surface area contributed by atoms with Crippen molar-refractivity contribution in [3.63, 3.8) is 0 Å². The summed E-state index contributed by atoms with van der Waals surface area (Å²) < 4.78 is 82.6. The number of nitrogens with one attached hydrogen (secondary N) is 2. The van der Waals surface area contributed by atoms with E-state index in [0.717, 1.165) is 68.5 Å². The quantitative estimate of drug-likeness (QED) is 0.0394. The average molecular weight is 825 g/mol. The number of halogens is 7. The van der Waals surface area contributed by atoms with Gasteiger partial charge < -0.3 is 20.5 Å². The van der Waals surface area contributed by atoms with Crippen LogP contribution in [0.3, 0.4) is 0 Å². The fourth-order valence-electron chi connectivity index (χ4n) is 4.80. The number of hydrogen-bond donors (Lipinski definition) is 3. The van der Waals surface area contributed by atoms with E-state index >= 15 is 0 Å². The minimum absolute atomic E-state index is 0.0483. The lowest BCUT2D eigenvalue weighted by atomic mass is 10.0. The molecule has 2 aromatic heterocycles. The molecule has 0 fully saturated rings. The van der Waals surface area contributed by atoms with Crippen LogP contribution in [0, 0.1) is 35.2 Å². The van der Waals surface area contributed by atoms with Crippen LogP contribution >= 0.6 is 11.6 Å². The molecule has 2 heterocycles. The second-order valence-electron chi connectivity index (χ2n) is 12.2. The van der Waals surface area contributed by atoms with E-state index in [1.807, 2.05) is 13.8 Å². The molecule has 0 spiro atoms. The van der Waals surface area contributed by atoms with Crippen LogP contribution in [0.4, 0.5) is 26.3 Å². The Bertz CT molecular complexity index is 1880. The number of ketones is 2. The number of carbonyl (C=O) groups excluding carboxylic acids is 4. The average Bonchev–Trinajstić information content (AvgIpc) is 3.19. The first-order chi connectivity index (χ1) is 27.2. The molecule has 2 atom stereocenters. The molecule has 17 heteroatoms. The topological polar surface area (TPSA) is 148 Å². The third-order valence-electron chi connectivity index (χ3n) is 7.82. The molecule has 57 heavy (non-hydrogen) atoms. The third kappa shape index (κ3) is 17.0. The Morgan fingerprint density at radius 1 is 0.632 bits per heavy atom. The molecule has 308 valence electrons. The summed E-state index contributed by atoms with van der Waals surface area (Å²) in [5, 5.41) is 13.5. The number of unbranched alkanes of at least 4 members (excludes halogenated alkanes) is 4. The number of para-hydroxylation sites is 2. The number of aromatic nitrogens is 2. The minimum atomic E-state index is -0.945. The number of amides is 2. The van der Waals surface area contributed by atoms with Crippen LogP contribution in [0.1, 0.15) is 86.2 Å². The predicted octanol–water partition coefficient (Wildman–Crippen LogP) is 8.20. The molecule has 0 saturated carbocycles. The van der Waals surface area contributed by atoms with Crippen molar-refractivity contribution in [3.05, 3.63) is 119 Å². The van der Waals surface area contributed by atoms with Gasteiger partial charge in [-0.2, -0.15) is 8.78 Å². The highest BCUT2D eigenvalue weighted by atomic mass is 35.5. The Labute approximate surface area is 331 Å². The summed E-state index contributed by atoms with van der Waals surface area (Å²) in [6, 6.07) is 12.5. The number of pyridine rings is 2. The van der Waals surface area contributed by atoms with Crippen LogP contribution in [0.25, 0.3) is 0 Å². The van der Waals surface area contributed by atoms with Crippen molar-refractivity contribution in [2.24, 2.45) is 0 Å². The van der Waals surface area contributed by atoms with E-state index in [4.69, 9.17) is 21.4 Å². The number of benzene rings is 2. The molecule has 4 rings (SSSR count). The molecular formula is C40H43ClF6N4O6. The summed E-state index contributed by atoms with van der Waals surface area (Å²) in [7, 11) is 0. The maximum absolute atomic E-state index is 13.6. The molecule has 3 N–H and O–H groups in total. The van der Waals surface area contributed by atoms with Crippen molar-refractivity contribution in [1.82, 2.24) is 20.6 Å². The summed E-state index contributed by atoms with van der Waals surface area (Å²) in [4.78, 5) is 55.3. The van der Waals surface area contributed by atoms with Gasteiger partial charge in [0.15, 0.2) is 46.3 Å². The zero-order valence-electron chi connectivity index (χ0n) is 31.2. The van der Waals surface area contributed by atoms with Gasteiger partial charge in [0.1, 0.15) is 18.0 Å². The maximum Gasteiger partial charge on any atom is 0.270 e. The predicted molar refractivity (Wildman–Crippen MR) is 200 cm³/mol. The monoisotopic (exact) mass is 824 g/mol. The van der Waals surface area contributed by atoms with Gasteiger partial charge >= 0.3 is 0 Å². The summed E-state index contributed by atoms with van der Waals surface area (Å²) >= 11 is 5.54. The number of carbonyl (C=O) groups is 4. The molecule has 0 saturated heterocycles. The van der Waals surface area contributed by atoms with Crippen molar-refractivity contribution in [2.75, 3.05) is 12.5 Å². The van der Waals surface area contributed by atoms with Gasteiger partial charge in [-0.25, -0.2) is 27.5 Å². The van der Waals surface area contributed by atoms with Crippen molar-refractivity contribution in [2.45, 2.75) is 77.3 Å². The molecule has 2 amide bonds. The Balaban J connectivity index is 0.000000334. The lowest BCUT2D eigenvalue weighted by molar-refractivity contribution is -0.123. The molecule has 0 aliphatic rings. The van der Waals surface area contributed by atoms with Crippen molar-refractivity contribution in [3.8, 4) is 11.5 Å². The first-order valence-electron chi connectivity index (χ1n) is 17.9. The summed E-state index contributed by atoms with van der Waals surface area (Å²) in [6.07, 6.45) is 6.04. The zero-order valence-corrected chi connectivity index (χ0v) is 31.9. The summed E-state index contributed by atoms with van der Waals surface area (Å²) in [5.74, 6) is -9.08. The van der Waals surface area contributed by atoms with E-state index in [0.29, 0.717) is 19.3 Å². The van der Waals surface area contributed by atoms with Gasteiger partial charge in [0.2, 0.25) is 11.9 Å². The number of nitrogens with zero attached hydrogens (tertiary/aromatic N) is 2. The van der Waals surface area contributed by atoms with E-state index in [1.165, 1.54) is 36.4 Å². The molecule has 0 radical (unpaired) electrons. The Kier molecular flexibility index (Phi) is 21.4. The lowest BCUT2D eigenvalue weighted by Crippen LogP contribution is -2.43. The number of ether oxygens (including phenoxy) is 1. The summed E-state index contributed by atoms with van der Waals surface area (Å²) in [5.41, 5.74) is -0.220. The number of alkyl halides is 1. The number of hydrogen-bond acceptors (Lipinski definition) is 8. The number of phenols is 1. The van der Waals surface area contributed by atoms with Crippen molar-refractivity contribution in [1.29, 1.82) is 0 Å². The SMILES string of the molecule is CCCCC[C@H](NC(=O)c1cccc(F)n1)C(=O)CCl.CCCCC[C@H](NC(=O)c1cccc(F)n1)C(=O)COc1c(F)cccc1F.Oc1c(F)cccc1F. The standard InChI is InChI=1S/C20H21F3N2O3.C14H18ClFN2O2.C6H4F2O/c1-2-3-4-9-15(25-20(27)16-10-6-11-18(23)24-16)17(26)12-28-19-13(21)7-5-8-14(19)22;1-2-3-4-6-10(12(19)9-15)18-14(20)11-7-5-8-13(16)17-11;7-4-2-1-3-5(8)6(4)9/h5-8,10-11,15H,2-4,9,12H2,1H3,(H,25,27);5,7-8,10H,2-4,6,9H2,1H3,(H,18,20);1-3,9H/t15-;10-;/m00./s1. The molecule has 0 aliphatic heterocycles. The van der Waals surface area contributed by atoms with Crippen molar-refractivity contribution >= 4 is 35.0 Å². The highest BCUT2D eigenvalue weighted by Gasteiger charge is 2.24. The van der Waals surface area contributed by atoms with E-state index in [-0.39, 0.29) is 23.1 Å². The second kappa shape index (κ2) is 25.6. The summed E-state index contributed by atoms with van der Waals surface area (Å²) in [6.45, 7) is 3.41. The van der Waals surface area contributed by atoms with E-state index in [2.05, 4.69) is 20.6 Å². The number of rotatable bonds is 18. The molecule has 0 aliphatic carbocycles. The molecular weight excluding hydrogens is 782 g/mol. The number of aromatic hydroxyl groups is 1. The second-order valence-corrected chi connectivity index (χ2v) is 12.5. The van der Waals surface area contributed by atoms with Crippen LogP contribution in [0.15, 0.2) is 72.8 Å². The van der Waals surface area contributed by atoms with Crippen LogP contribution in [-0.4, -0.2) is 63.0 Å². The molecule has 0 unspecified atom stereocenters. The van der Waals surface area contributed by atoms with Gasteiger partial charge in [0.25, 0.3) is 11.8 Å². The van der Waals surface area contributed by atoms with Crippen LogP contribution in [0.5, 0.6) is 11.5 Å². The van der Waals surface area contributed by atoms with E-state index in [1.54, 1.807) is 0 Å². The van der Waals surface area contributed by atoms with Gasteiger partial charge in [-0.05, 0) is 61.4 Å². The van der Waals surface area contributed by atoms with E-state index in [9.17, 15) is 45.5 Å². The molecule has 4 aromatic rings. The van der Waals surface area contributed by atoms with Crippen LogP contribution in [-0.2, 0) is 9.59 Å². The zero-order chi connectivity index (χ0) is 42.3. The fourth-order valence-corrected chi connectivity index (χ4v) is 4.99. The largest absolute Gasteiger partial charge is 0.503 e. The number of phenolic OH excluding ortho intramolecular Hbond substituents is 1. The van der Waals surface area contributed by atoms with Gasteiger partial charge in [-0.3, -0.25) is 19.2 Å². The van der Waals surface area contributed by atoms with Gasteiger partial charge in [0, 0.05) is 0 Å². The highest BCUT2D eigenvalue weighted by molar-refractivity contribution is 6.28. The maximum atomic E-state index is 13.6. The Morgan fingerprint density at radius 2 is 1.04 bits per heavy atom. The fraction of sp³-hybridized carbons (Fsp3) is 0.350. The Morgan fingerprint density at radius 3 is 1.42 bits per heavy atom. The first kappa shape index (κ1) is 47.6.